The van der Waals surface area contributed by atoms with E-state index in [0.29, 0.717) is 12.1 Å². The minimum absolute atomic E-state index is 0.0296. The van der Waals surface area contributed by atoms with Crippen LogP contribution in [0.15, 0.2) is 29.2 Å². The number of hydrogen-bond donors (Lipinski definition) is 0. The second-order valence-electron chi connectivity index (χ2n) is 6.41. The van der Waals surface area contributed by atoms with Crippen LogP contribution in [0, 0.1) is 0 Å². The van der Waals surface area contributed by atoms with Crippen molar-refractivity contribution in [1.82, 2.24) is 4.90 Å². The third-order valence-corrected chi connectivity index (χ3v) is 6.83. The largest absolute Gasteiger partial charge is 0.376 e. The summed E-state index contributed by atoms with van der Waals surface area (Å²) in [5, 5.41) is 0. The molecule has 0 spiro atoms. The number of nitrogens with zero attached hydrogens (tertiary/aromatic N) is 1. The first-order chi connectivity index (χ1) is 11.4. The van der Waals surface area contributed by atoms with Gasteiger partial charge >= 0.3 is 0 Å². The van der Waals surface area contributed by atoms with E-state index in [1.165, 1.54) is 18.4 Å². The van der Waals surface area contributed by atoms with Gasteiger partial charge in [0.25, 0.3) is 5.91 Å². The van der Waals surface area contributed by atoms with Gasteiger partial charge in [-0.05, 0) is 49.3 Å². The van der Waals surface area contributed by atoms with Gasteiger partial charge in [-0.3, -0.25) is 4.79 Å². The molecule has 2 unspecified atom stereocenters. The molecule has 0 aliphatic carbocycles. The normalized spacial score (nSPS) is 24.2. The molecular formula is C17H23NO4S2. The number of rotatable bonds is 5. The quantitative estimate of drug-likeness (QED) is 0.796. The Kier molecular flexibility index (Phi) is 5.52. The Morgan fingerprint density at radius 2 is 2.04 bits per heavy atom. The highest BCUT2D eigenvalue weighted by Crippen LogP contribution is 2.26. The maximum absolute atomic E-state index is 13.0. The maximum atomic E-state index is 13.0. The summed E-state index contributed by atoms with van der Waals surface area (Å²) >= 11 is 1.87. The third-order valence-electron chi connectivity index (χ3n) is 4.56. The predicted octanol–water partition coefficient (Wildman–Crippen LogP) is 2.22. The van der Waals surface area contributed by atoms with E-state index >= 15 is 0 Å². The van der Waals surface area contributed by atoms with Gasteiger partial charge in [0.1, 0.15) is 0 Å². The molecular weight excluding hydrogens is 346 g/mol. The summed E-state index contributed by atoms with van der Waals surface area (Å²) in [4.78, 5) is 15.2. The molecule has 0 bridgehead atoms. The minimum Gasteiger partial charge on any atom is -0.376 e. The predicted molar refractivity (Wildman–Crippen MR) is 95.3 cm³/mol. The summed E-state index contributed by atoms with van der Waals surface area (Å²) in [7, 11) is -3.25. The van der Waals surface area contributed by atoms with Gasteiger partial charge in [0.2, 0.25) is 0 Å². The summed E-state index contributed by atoms with van der Waals surface area (Å²) < 4.78 is 28.9. The number of sulfone groups is 1. The fourth-order valence-corrected chi connectivity index (χ4v) is 5.04. The van der Waals surface area contributed by atoms with Crippen LogP contribution < -0.4 is 0 Å². The van der Waals surface area contributed by atoms with E-state index < -0.39 is 9.84 Å². The van der Waals surface area contributed by atoms with Gasteiger partial charge in [0, 0.05) is 36.8 Å². The first-order valence-corrected chi connectivity index (χ1v) is 11.3. The van der Waals surface area contributed by atoms with E-state index in [1.54, 1.807) is 12.1 Å². The molecule has 2 aliphatic rings. The SMILES string of the molecule is CS(=O)(=O)c1ccc(C(=O)N(CC2CCCO2)C2CCSC2)cc1. The third kappa shape index (κ3) is 4.13. The van der Waals surface area contributed by atoms with Crippen LogP contribution in [0.1, 0.15) is 29.6 Å². The smallest absolute Gasteiger partial charge is 0.254 e. The molecule has 2 atom stereocenters. The molecule has 5 nitrogen and oxygen atoms in total. The molecule has 24 heavy (non-hydrogen) atoms. The van der Waals surface area contributed by atoms with Gasteiger partial charge in [0.15, 0.2) is 9.84 Å². The van der Waals surface area contributed by atoms with Crippen LogP contribution in [-0.4, -0.2) is 62.3 Å². The van der Waals surface area contributed by atoms with E-state index in [0.717, 1.165) is 37.4 Å². The topological polar surface area (TPSA) is 63.7 Å². The van der Waals surface area contributed by atoms with Crippen LogP contribution >= 0.6 is 11.8 Å². The second-order valence-corrected chi connectivity index (χ2v) is 9.57. The van der Waals surface area contributed by atoms with Crippen LogP contribution in [0.4, 0.5) is 0 Å². The summed E-state index contributed by atoms with van der Waals surface area (Å²) in [6.45, 7) is 1.40. The zero-order valence-corrected chi connectivity index (χ0v) is 15.4. The lowest BCUT2D eigenvalue weighted by Crippen LogP contribution is -2.44. The van der Waals surface area contributed by atoms with E-state index in [4.69, 9.17) is 4.74 Å². The number of carbonyl (C=O) groups excluding carboxylic acids is 1. The summed E-state index contributed by atoms with van der Waals surface area (Å²) in [5.41, 5.74) is 0.539. The van der Waals surface area contributed by atoms with Gasteiger partial charge in [-0.25, -0.2) is 8.42 Å². The average molecular weight is 370 g/mol. The van der Waals surface area contributed by atoms with Crippen molar-refractivity contribution in [3.63, 3.8) is 0 Å². The lowest BCUT2D eigenvalue weighted by molar-refractivity contribution is 0.0441. The van der Waals surface area contributed by atoms with Crippen molar-refractivity contribution in [2.24, 2.45) is 0 Å². The molecule has 7 heteroatoms. The standard InChI is InChI=1S/C17H23NO4S2/c1-24(20,21)16-6-4-13(5-7-16)17(19)18(14-8-10-23-12-14)11-15-3-2-9-22-15/h4-7,14-15H,2-3,8-12H2,1H3. The monoisotopic (exact) mass is 369 g/mol. The molecule has 3 rings (SSSR count). The highest BCUT2D eigenvalue weighted by Gasteiger charge is 2.31. The van der Waals surface area contributed by atoms with Gasteiger partial charge in [-0.15, -0.1) is 0 Å². The molecule has 1 aromatic rings. The molecule has 1 amide bonds. The van der Waals surface area contributed by atoms with Crippen molar-refractivity contribution in [2.45, 2.75) is 36.3 Å². The zero-order valence-electron chi connectivity index (χ0n) is 13.8. The lowest BCUT2D eigenvalue weighted by Gasteiger charge is -2.31. The average Bonchev–Trinajstić information content (AvgIpc) is 3.24. The van der Waals surface area contributed by atoms with E-state index in [9.17, 15) is 13.2 Å². The van der Waals surface area contributed by atoms with Crippen molar-refractivity contribution >= 4 is 27.5 Å². The van der Waals surface area contributed by atoms with Crippen molar-refractivity contribution in [3.05, 3.63) is 29.8 Å². The van der Waals surface area contributed by atoms with Crippen molar-refractivity contribution in [2.75, 3.05) is 30.9 Å². The molecule has 0 saturated carbocycles. The first kappa shape index (κ1) is 17.8. The highest BCUT2D eigenvalue weighted by atomic mass is 32.2. The van der Waals surface area contributed by atoms with Crippen LogP contribution in [0.25, 0.3) is 0 Å². The van der Waals surface area contributed by atoms with E-state index in [1.807, 2.05) is 16.7 Å². The number of ether oxygens (including phenoxy) is 1. The van der Waals surface area contributed by atoms with Crippen molar-refractivity contribution in [1.29, 1.82) is 0 Å². The molecule has 0 aromatic heterocycles. The van der Waals surface area contributed by atoms with Crippen molar-refractivity contribution < 1.29 is 17.9 Å². The molecule has 2 heterocycles. The Morgan fingerprint density at radius 3 is 2.58 bits per heavy atom. The van der Waals surface area contributed by atoms with Crippen LogP contribution in [0.5, 0.6) is 0 Å². The number of hydrogen-bond acceptors (Lipinski definition) is 5. The Balaban J connectivity index is 1.79. The zero-order chi connectivity index (χ0) is 17.2. The summed E-state index contributed by atoms with van der Waals surface area (Å²) in [6, 6.07) is 6.49. The van der Waals surface area contributed by atoms with Crippen molar-refractivity contribution in [3.8, 4) is 0 Å². The fourth-order valence-electron chi connectivity index (χ4n) is 3.18. The molecule has 2 saturated heterocycles. The molecule has 1 aromatic carbocycles. The number of amides is 1. The van der Waals surface area contributed by atoms with Gasteiger partial charge in [-0.1, -0.05) is 0 Å². The summed E-state index contributed by atoms with van der Waals surface area (Å²) in [6.07, 6.45) is 4.34. The molecule has 2 fully saturated rings. The first-order valence-electron chi connectivity index (χ1n) is 8.25. The van der Waals surface area contributed by atoms with E-state index in [-0.39, 0.29) is 22.9 Å². The molecule has 0 radical (unpaired) electrons. The Labute approximate surface area is 147 Å². The Morgan fingerprint density at radius 1 is 1.29 bits per heavy atom. The van der Waals surface area contributed by atoms with Gasteiger partial charge in [-0.2, -0.15) is 11.8 Å². The van der Waals surface area contributed by atoms with Crippen LogP contribution in [-0.2, 0) is 14.6 Å². The van der Waals surface area contributed by atoms with Gasteiger partial charge in [0.05, 0.1) is 11.0 Å². The molecule has 132 valence electrons. The molecule has 2 aliphatic heterocycles. The Hall–Kier alpha value is -1.05. The minimum atomic E-state index is -3.25. The molecule has 0 N–H and O–H groups in total. The second kappa shape index (κ2) is 7.45. The van der Waals surface area contributed by atoms with Crippen LogP contribution in [0.3, 0.4) is 0 Å². The maximum Gasteiger partial charge on any atom is 0.254 e. The fraction of sp³-hybridized carbons (Fsp3) is 0.588. The van der Waals surface area contributed by atoms with E-state index in [2.05, 4.69) is 0 Å². The number of benzene rings is 1. The lowest BCUT2D eigenvalue weighted by atomic mass is 10.1. The highest BCUT2D eigenvalue weighted by molar-refractivity contribution is 7.99. The Bertz CT molecular complexity index is 675. The summed E-state index contributed by atoms with van der Waals surface area (Å²) in [5.74, 6) is 2.01. The number of carbonyl (C=O) groups is 1. The number of thioether (sulfide) groups is 1. The van der Waals surface area contributed by atoms with Gasteiger partial charge < -0.3 is 9.64 Å². The van der Waals surface area contributed by atoms with Crippen LogP contribution in [0.2, 0.25) is 0 Å².